The van der Waals surface area contributed by atoms with Crippen LogP contribution < -0.4 is 5.73 Å². The Bertz CT molecular complexity index is 765. The molecule has 0 aliphatic heterocycles. The minimum atomic E-state index is 0.323. The van der Waals surface area contributed by atoms with Gasteiger partial charge in [0, 0.05) is 24.0 Å². The molecule has 140 valence electrons. The number of nitrogens with two attached hydrogens (primary N) is 1. The van der Waals surface area contributed by atoms with E-state index in [1.165, 1.54) is 16.7 Å². The Morgan fingerprint density at radius 1 is 0.815 bits per heavy atom. The van der Waals surface area contributed by atoms with Crippen LogP contribution >= 0.6 is 11.6 Å². The van der Waals surface area contributed by atoms with Crippen molar-refractivity contribution in [2.45, 2.75) is 18.9 Å². The fraction of sp³-hybridized carbons (Fsp3) is 0.250. The predicted octanol–water partition coefficient (Wildman–Crippen LogP) is 5.32. The highest BCUT2D eigenvalue weighted by Gasteiger charge is 2.18. The van der Waals surface area contributed by atoms with E-state index in [2.05, 4.69) is 77.7 Å². The Labute approximate surface area is 167 Å². The highest BCUT2D eigenvalue weighted by molar-refractivity contribution is 6.30. The zero-order chi connectivity index (χ0) is 18.9. The van der Waals surface area contributed by atoms with Crippen LogP contribution in [0.1, 0.15) is 29.0 Å². The van der Waals surface area contributed by atoms with E-state index in [0.717, 1.165) is 31.1 Å². The molecule has 0 saturated carbocycles. The number of hydrogen-bond donors (Lipinski definition) is 1. The number of benzene rings is 3. The van der Waals surface area contributed by atoms with Gasteiger partial charge in [0.1, 0.15) is 0 Å². The molecular weight excluding hydrogens is 352 g/mol. The molecule has 0 atom stereocenters. The van der Waals surface area contributed by atoms with E-state index < -0.39 is 0 Å². The second-order valence-electron chi connectivity index (χ2n) is 6.88. The topological polar surface area (TPSA) is 29.3 Å². The molecule has 3 heteroatoms. The molecule has 2 nitrogen and oxygen atoms in total. The first-order valence-corrected chi connectivity index (χ1v) is 9.91. The number of nitrogens with zero attached hydrogens (tertiary/aromatic N) is 1. The van der Waals surface area contributed by atoms with E-state index in [1.807, 2.05) is 12.1 Å². The van der Waals surface area contributed by atoms with E-state index in [4.69, 9.17) is 17.3 Å². The fourth-order valence-corrected chi connectivity index (χ4v) is 3.69. The Balaban J connectivity index is 1.85. The minimum Gasteiger partial charge on any atom is -0.330 e. The van der Waals surface area contributed by atoms with Crippen molar-refractivity contribution in [1.29, 1.82) is 0 Å². The molecule has 0 bridgehead atoms. The van der Waals surface area contributed by atoms with Gasteiger partial charge in [-0.05, 0) is 48.3 Å². The van der Waals surface area contributed by atoms with Crippen LogP contribution in [0.25, 0.3) is 0 Å². The van der Waals surface area contributed by atoms with Gasteiger partial charge < -0.3 is 5.73 Å². The highest BCUT2D eigenvalue weighted by Crippen LogP contribution is 2.26. The average molecular weight is 379 g/mol. The molecule has 0 spiro atoms. The third kappa shape index (κ3) is 5.93. The van der Waals surface area contributed by atoms with Gasteiger partial charge in [-0.2, -0.15) is 0 Å². The van der Waals surface area contributed by atoms with Crippen molar-refractivity contribution in [3.63, 3.8) is 0 Å². The number of hydrogen-bond acceptors (Lipinski definition) is 2. The zero-order valence-corrected chi connectivity index (χ0v) is 16.4. The summed E-state index contributed by atoms with van der Waals surface area (Å²) >= 11 is 6.19. The van der Waals surface area contributed by atoms with Crippen LogP contribution in [0.4, 0.5) is 0 Å². The van der Waals surface area contributed by atoms with E-state index in [1.54, 1.807) is 0 Å². The molecule has 3 rings (SSSR count). The molecule has 0 fully saturated rings. The molecule has 27 heavy (non-hydrogen) atoms. The first-order valence-electron chi connectivity index (χ1n) is 9.53. The number of rotatable bonds is 9. The van der Waals surface area contributed by atoms with Gasteiger partial charge in [0.25, 0.3) is 0 Å². The predicted molar refractivity (Wildman–Crippen MR) is 115 cm³/mol. The maximum Gasteiger partial charge on any atom is 0.0409 e. The first-order chi connectivity index (χ1) is 13.3. The van der Waals surface area contributed by atoms with Gasteiger partial charge in [-0.1, -0.05) is 84.4 Å². The molecule has 3 aromatic carbocycles. The lowest BCUT2D eigenvalue weighted by molar-refractivity contribution is 0.255. The molecule has 0 aliphatic rings. The van der Waals surface area contributed by atoms with Crippen molar-refractivity contribution in [3.05, 3.63) is 107 Å². The molecule has 0 radical (unpaired) electrons. The van der Waals surface area contributed by atoms with E-state index in [-0.39, 0.29) is 0 Å². The minimum absolute atomic E-state index is 0.323. The zero-order valence-electron chi connectivity index (χ0n) is 15.6. The maximum absolute atomic E-state index is 6.19. The van der Waals surface area contributed by atoms with Crippen molar-refractivity contribution in [3.8, 4) is 0 Å². The van der Waals surface area contributed by atoms with Crippen molar-refractivity contribution in [1.82, 2.24) is 4.90 Å². The SMILES string of the molecule is NCCCN(Cc1cccc(Cl)c1)CC(c1ccccc1)c1ccccc1. The van der Waals surface area contributed by atoms with Crippen molar-refractivity contribution < 1.29 is 0 Å². The molecule has 3 aromatic rings. The monoisotopic (exact) mass is 378 g/mol. The van der Waals surface area contributed by atoms with Gasteiger partial charge in [0.2, 0.25) is 0 Å². The van der Waals surface area contributed by atoms with Crippen LogP contribution in [0.2, 0.25) is 5.02 Å². The van der Waals surface area contributed by atoms with Crippen LogP contribution in [0.3, 0.4) is 0 Å². The largest absolute Gasteiger partial charge is 0.330 e. The first kappa shape index (κ1) is 19.6. The summed E-state index contributed by atoms with van der Waals surface area (Å²) in [5.74, 6) is 0.323. The van der Waals surface area contributed by atoms with Gasteiger partial charge in [0.15, 0.2) is 0 Å². The second-order valence-corrected chi connectivity index (χ2v) is 7.32. The Kier molecular flexibility index (Phi) is 7.46. The molecule has 2 N–H and O–H groups in total. The molecule has 0 saturated heterocycles. The molecular formula is C24H27ClN2. The third-order valence-electron chi connectivity index (χ3n) is 4.82. The lowest BCUT2D eigenvalue weighted by Gasteiger charge is -2.28. The summed E-state index contributed by atoms with van der Waals surface area (Å²) in [5.41, 5.74) is 9.72. The third-order valence-corrected chi connectivity index (χ3v) is 5.05. The van der Waals surface area contributed by atoms with E-state index >= 15 is 0 Å². The Morgan fingerprint density at radius 2 is 1.44 bits per heavy atom. The lowest BCUT2D eigenvalue weighted by Crippen LogP contribution is -2.31. The molecule has 0 aromatic heterocycles. The Hall–Kier alpha value is -2.13. The molecule has 0 aliphatic carbocycles. The smallest absolute Gasteiger partial charge is 0.0409 e. The molecule has 0 amide bonds. The van der Waals surface area contributed by atoms with Gasteiger partial charge in [0.05, 0.1) is 0 Å². The highest BCUT2D eigenvalue weighted by atomic mass is 35.5. The second kappa shape index (κ2) is 10.3. The van der Waals surface area contributed by atoms with E-state index in [0.29, 0.717) is 12.5 Å². The van der Waals surface area contributed by atoms with Gasteiger partial charge in [-0.15, -0.1) is 0 Å². The molecule has 0 unspecified atom stereocenters. The maximum atomic E-state index is 6.19. The summed E-state index contributed by atoms with van der Waals surface area (Å²) in [5, 5.41) is 0.786. The summed E-state index contributed by atoms with van der Waals surface area (Å²) in [6, 6.07) is 29.6. The van der Waals surface area contributed by atoms with Crippen molar-refractivity contribution >= 4 is 11.6 Å². The summed E-state index contributed by atoms with van der Waals surface area (Å²) in [6.45, 7) is 3.49. The summed E-state index contributed by atoms with van der Waals surface area (Å²) in [4.78, 5) is 2.49. The van der Waals surface area contributed by atoms with Crippen molar-refractivity contribution in [2.75, 3.05) is 19.6 Å². The van der Waals surface area contributed by atoms with Gasteiger partial charge in [-0.3, -0.25) is 4.90 Å². The van der Waals surface area contributed by atoms with Crippen LogP contribution in [-0.4, -0.2) is 24.5 Å². The van der Waals surface area contributed by atoms with Crippen LogP contribution in [0.15, 0.2) is 84.9 Å². The lowest BCUT2D eigenvalue weighted by atomic mass is 9.90. The van der Waals surface area contributed by atoms with Crippen LogP contribution in [0.5, 0.6) is 0 Å². The Morgan fingerprint density at radius 3 is 2.00 bits per heavy atom. The van der Waals surface area contributed by atoms with Gasteiger partial charge in [-0.25, -0.2) is 0 Å². The normalized spacial score (nSPS) is 11.3. The quantitative estimate of drug-likeness (QED) is 0.545. The molecule has 0 heterocycles. The summed E-state index contributed by atoms with van der Waals surface area (Å²) in [7, 11) is 0. The van der Waals surface area contributed by atoms with E-state index in [9.17, 15) is 0 Å². The van der Waals surface area contributed by atoms with Gasteiger partial charge >= 0.3 is 0 Å². The standard InChI is InChI=1S/C24H27ClN2/c25-23-14-7-9-20(17-23)18-27(16-8-15-26)19-24(21-10-3-1-4-11-21)22-12-5-2-6-13-22/h1-7,9-14,17,24H,8,15-16,18-19,26H2. The van der Waals surface area contributed by atoms with Crippen LogP contribution in [-0.2, 0) is 6.54 Å². The summed E-state index contributed by atoms with van der Waals surface area (Å²) < 4.78 is 0. The average Bonchev–Trinajstić information content (AvgIpc) is 2.71. The summed E-state index contributed by atoms with van der Waals surface area (Å²) in [6.07, 6.45) is 0.983. The van der Waals surface area contributed by atoms with Crippen LogP contribution in [0, 0.1) is 0 Å². The number of halogens is 1. The van der Waals surface area contributed by atoms with Crippen molar-refractivity contribution in [2.24, 2.45) is 5.73 Å². The fourth-order valence-electron chi connectivity index (χ4n) is 3.48.